The Hall–Kier alpha value is -2.90. The van der Waals surface area contributed by atoms with Crippen molar-refractivity contribution in [2.24, 2.45) is 0 Å². The van der Waals surface area contributed by atoms with Gasteiger partial charge in [-0.05, 0) is 44.5 Å². The zero-order valence-electron chi connectivity index (χ0n) is 18.2. The number of aliphatic hydroxyl groups is 1. The molecule has 2 aromatic rings. The third kappa shape index (κ3) is 4.16. The molecule has 0 saturated carbocycles. The number of aryl methyl sites for hydroxylation is 3. The molecule has 0 spiro atoms. The summed E-state index contributed by atoms with van der Waals surface area (Å²) in [7, 11) is 0. The molecule has 4 rings (SSSR count). The number of amides is 1. The highest BCUT2D eigenvalue weighted by Gasteiger charge is 2.47. The first kappa shape index (κ1) is 21.3. The number of hydrogen-bond donors (Lipinski definition) is 1. The summed E-state index contributed by atoms with van der Waals surface area (Å²) < 4.78 is 11.2. The largest absolute Gasteiger partial charge is 0.507 e. The van der Waals surface area contributed by atoms with Crippen LogP contribution >= 0.6 is 0 Å². The van der Waals surface area contributed by atoms with E-state index in [9.17, 15) is 14.7 Å². The summed E-state index contributed by atoms with van der Waals surface area (Å²) in [4.78, 5) is 29.8. The van der Waals surface area contributed by atoms with Crippen molar-refractivity contribution in [2.75, 3.05) is 39.4 Å². The molecular formula is C24H28N2O5. The molecule has 1 aromatic carbocycles. The first-order valence-electron chi connectivity index (χ1n) is 10.6. The molecule has 0 aliphatic carbocycles. The standard InChI is InChI=1S/C24H28N2O5/c1-15-4-5-16(2)18(14-15)22(27)20-21(19-7-6-17(3)31-19)26(24(29)23(20)28)9-8-25-10-12-30-13-11-25/h4-7,14,21,27H,8-13H2,1-3H3/b22-20+/t21-/m0/s1. The van der Waals surface area contributed by atoms with E-state index in [1.165, 1.54) is 4.90 Å². The molecule has 1 N–H and O–H groups in total. The fourth-order valence-electron chi connectivity index (χ4n) is 4.22. The number of Topliss-reactive ketones (excluding diaryl/α,β-unsaturated/α-hetero) is 1. The van der Waals surface area contributed by atoms with Crippen LogP contribution in [-0.2, 0) is 14.3 Å². The van der Waals surface area contributed by atoms with Gasteiger partial charge in [-0.15, -0.1) is 0 Å². The monoisotopic (exact) mass is 424 g/mol. The lowest BCUT2D eigenvalue weighted by Gasteiger charge is -2.30. The van der Waals surface area contributed by atoms with Crippen LogP contribution in [-0.4, -0.2) is 66.0 Å². The molecule has 2 aliphatic heterocycles. The number of likely N-dealkylation sites (tertiary alicyclic amines) is 1. The third-order valence-corrected chi connectivity index (χ3v) is 5.98. The molecule has 1 amide bonds. The summed E-state index contributed by atoms with van der Waals surface area (Å²) in [6, 6.07) is 8.48. The quantitative estimate of drug-likeness (QED) is 0.451. The molecule has 7 heteroatoms. The number of carbonyl (C=O) groups excluding carboxylic acids is 2. The number of rotatable bonds is 5. The van der Waals surface area contributed by atoms with E-state index in [1.807, 2.05) is 39.0 Å². The SMILES string of the molecule is Cc1ccc(C)c(/C(O)=C2\C(=O)C(=O)N(CCN3CCOCC3)[C@H]2c2ccc(C)o2)c1. The lowest BCUT2D eigenvalue weighted by Crippen LogP contribution is -2.42. The van der Waals surface area contributed by atoms with Crippen LogP contribution in [0.2, 0.25) is 0 Å². The van der Waals surface area contributed by atoms with Gasteiger partial charge in [0, 0.05) is 31.7 Å². The van der Waals surface area contributed by atoms with E-state index in [4.69, 9.17) is 9.15 Å². The number of aliphatic hydroxyl groups excluding tert-OH is 1. The molecule has 1 aromatic heterocycles. The van der Waals surface area contributed by atoms with Crippen LogP contribution in [0.3, 0.4) is 0 Å². The Morgan fingerprint density at radius 1 is 1.06 bits per heavy atom. The second-order valence-corrected chi connectivity index (χ2v) is 8.21. The average molecular weight is 424 g/mol. The van der Waals surface area contributed by atoms with E-state index in [0.29, 0.717) is 43.4 Å². The van der Waals surface area contributed by atoms with Crippen LogP contribution in [0.15, 0.2) is 40.3 Å². The molecule has 0 unspecified atom stereocenters. The van der Waals surface area contributed by atoms with Crippen LogP contribution in [0.5, 0.6) is 0 Å². The van der Waals surface area contributed by atoms with Crippen molar-refractivity contribution in [1.82, 2.24) is 9.80 Å². The van der Waals surface area contributed by atoms with Gasteiger partial charge in [0.2, 0.25) is 0 Å². The van der Waals surface area contributed by atoms with Crippen molar-refractivity contribution in [1.29, 1.82) is 0 Å². The Morgan fingerprint density at radius 3 is 2.48 bits per heavy atom. The molecule has 2 aliphatic rings. The topological polar surface area (TPSA) is 83.2 Å². The van der Waals surface area contributed by atoms with Crippen LogP contribution < -0.4 is 0 Å². The Bertz CT molecular complexity index is 1030. The van der Waals surface area contributed by atoms with E-state index in [2.05, 4.69) is 4.90 Å². The fourth-order valence-corrected chi connectivity index (χ4v) is 4.22. The zero-order valence-corrected chi connectivity index (χ0v) is 18.2. The summed E-state index contributed by atoms with van der Waals surface area (Å²) in [6.45, 7) is 9.48. The average Bonchev–Trinajstić information content (AvgIpc) is 3.30. The summed E-state index contributed by atoms with van der Waals surface area (Å²) in [5.74, 6) is -0.294. The molecule has 3 heterocycles. The van der Waals surface area contributed by atoms with E-state index in [0.717, 1.165) is 24.2 Å². The smallest absolute Gasteiger partial charge is 0.295 e. The zero-order chi connectivity index (χ0) is 22.1. The number of morpholine rings is 1. The van der Waals surface area contributed by atoms with Crippen LogP contribution in [0, 0.1) is 20.8 Å². The van der Waals surface area contributed by atoms with E-state index < -0.39 is 17.7 Å². The number of carbonyl (C=O) groups is 2. The van der Waals surface area contributed by atoms with Gasteiger partial charge in [-0.3, -0.25) is 14.5 Å². The minimum Gasteiger partial charge on any atom is -0.507 e. The highest BCUT2D eigenvalue weighted by molar-refractivity contribution is 6.46. The summed E-state index contributed by atoms with van der Waals surface area (Å²) in [6.07, 6.45) is 0. The lowest BCUT2D eigenvalue weighted by atomic mass is 9.96. The highest BCUT2D eigenvalue weighted by Crippen LogP contribution is 2.40. The van der Waals surface area contributed by atoms with Crippen molar-refractivity contribution < 1.29 is 23.8 Å². The molecule has 31 heavy (non-hydrogen) atoms. The maximum atomic E-state index is 13.1. The van der Waals surface area contributed by atoms with Gasteiger partial charge in [-0.2, -0.15) is 0 Å². The number of ether oxygens (including phenoxy) is 1. The first-order chi connectivity index (χ1) is 14.9. The number of ketones is 1. The van der Waals surface area contributed by atoms with Gasteiger partial charge in [-0.25, -0.2) is 0 Å². The van der Waals surface area contributed by atoms with Gasteiger partial charge in [0.05, 0.1) is 18.8 Å². The van der Waals surface area contributed by atoms with Gasteiger partial charge in [0.15, 0.2) is 0 Å². The summed E-state index contributed by atoms with van der Waals surface area (Å²) in [5.41, 5.74) is 2.42. The Morgan fingerprint density at radius 2 is 1.81 bits per heavy atom. The van der Waals surface area contributed by atoms with Crippen molar-refractivity contribution >= 4 is 17.4 Å². The minimum atomic E-state index is -0.755. The molecule has 1 atom stereocenters. The molecule has 0 bridgehead atoms. The van der Waals surface area contributed by atoms with Gasteiger partial charge in [-0.1, -0.05) is 17.7 Å². The van der Waals surface area contributed by atoms with E-state index in [-0.39, 0.29) is 11.3 Å². The van der Waals surface area contributed by atoms with Gasteiger partial charge in [0.1, 0.15) is 23.3 Å². The van der Waals surface area contributed by atoms with Crippen LogP contribution in [0.25, 0.3) is 5.76 Å². The molecule has 2 fully saturated rings. The predicted octanol–water partition coefficient (Wildman–Crippen LogP) is 2.96. The number of furan rings is 1. The van der Waals surface area contributed by atoms with Crippen LogP contribution in [0.1, 0.15) is 34.3 Å². The minimum absolute atomic E-state index is 0.0787. The second kappa shape index (κ2) is 8.69. The van der Waals surface area contributed by atoms with Crippen molar-refractivity contribution in [3.63, 3.8) is 0 Å². The lowest BCUT2D eigenvalue weighted by molar-refractivity contribution is -0.140. The second-order valence-electron chi connectivity index (χ2n) is 8.21. The van der Waals surface area contributed by atoms with Crippen molar-refractivity contribution in [3.8, 4) is 0 Å². The first-order valence-corrected chi connectivity index (χ1v) is 10.6. The predicted molar refractivity (Wildman–Crippen MR) is 116 cm³/mol. The third-order valence-electron chi connectivity index (χ3n) is 5.98. The summed E-state index contributed by atoms with van der Waals surface area (Å²) in [5, 5.41) is 11.2. The van der Waals surface area contributed by atoms with Crippen molar-refractivity contribution in [3.05, 3.63) is 64.1 Å². The van der Waals surface area contributed by atoms with Gasteiger partial charge in [0.25, 0.3) is 11.7 Å². The number of hydrogen-bond acceptors (Lipinski definition) is 6. The van der Waals surface area contributed by atoms with Gasteiger partial charge < -0.3 is 19.2 Å². The molecular weight excluding hydrogens is 396 g/mol. The van der Waals surface area contributed by atoms with Gasteiger partial charge >= 0.3 is 0 Å². The molecule has 7 nitrogen and oxygen atoms in total. The number of nitrogens with zero attached hydrogens (tertiary/aromatic N) is 2. The molecule has 2 saturated heterocycles. The summed E-state index contributed by atoms with van der Waals surface area (Å²) >= 11 is 0. The maximum Gasteiger partial charge on any atom is 0.295 e. The van der Waals surface area contributed by atoms with Crippen LogP contribution in [0.4, 0.5) is 0 Å². The molecule has 0 radical (unpaired) electrons. The normalized spacial score (nSPS) is 21.8. The Balaban J connectivity index is 1.75. The van der Waals surface area contributed by atoms with E-state index in [1.54, 1.807) is 12.1 Å². The molecule has 164 valence electrons. The Labute approximate surface area is 181 Å². The fraction of sp³-hybridized carbons (Fsp3) is 0.417. The number of benzene rings is 1. The maximum absolute atomic E-state index is 13.1. The highest BCUT2D eigenvalue weighted by atomic mass is 16.5. The Kier molecular flexibility index (Phi) is 5.98. The van der Waals surface area contributed by atoms with Crippen molar-refractivity contribution in [2.45, 2.75) is 26.8 Å². The van der Waals surface area contributed by atoms with E-state index >= 15 is 0 Å².